The van der Waals surface area contributed by atoms with Crippen molar-refractivity contribution in [3.05, 3.63) is 0 Å². The second-order valence-corrected chi connectivity index (χ2v) is 2.15. The molecule has 0 heterocycles. The first-order chi connectivity index (χ1) is 5.41. The van der Waals surface area contributed by atoms with Gasteiger partial charge in [0.2, 0.25) is 0 Å². The fourth-order valence-electron chi connectivity index (χ4n) is 0.627. The summed E-state index contributed by atoms with van der Waals surface area (Å²) in [5, 5.41) is 3.17. The molecule has 0 atom stereocenters. The van der Waals surface area contributed by atoms with Crippen LogP contribution in [0.1, 0.15) is 6.42 Å². The zero-order chi connectivity index (χ0) is 8.36. The fourth-order valence-corrected chi connectivity index (χ4v) is 0.627. The van der Waals surface area contributed by atoms with Crippen molar-refractivity contribution in [3.63, 3.8) is 0 Å². The summed E-state index contributed by atoms with van der Waals surface area (Å²) >= 11 is 0. The average Bonchev–Trinajstić information content (AvgIpc) is 2.03. The van der Waals surface area contributed by atoms with E-state index in [1.165, 1.54) is 0 Å². The molecule has 0 aliphatic carbocycles. The Morgan fingerprint density at radius 3 is 2.91 bits per heavy atom. The molecule has 0 bridgehead atoms. The van der Waals surface area contributed by atoms with Crippen molar-refractivity contribution in [2.45, 2.75) is 6.42 Å². The second kappa shape index (κ2) is 9.44. The van der Waals surface area contributed by atoms with Crippen molar-refractivity contribution in [3.8, 4) is 12.3 Å². The number of hydrogen-bond acceptors (Lipinski definition) is 3. The maximum absolute atomic E-state index is 5.29. The van der Waals surface area contributed by atoms with Crippen LogP contribution >= 0.6 is 0 Å². The molecule has 0 amide bonds. The van der Waals surface area contributed by atoms with Crippen LogP contribution in [-0.4, -0.2) is 32.8 Å². The molecule has 0 spiro atoms. The van der Waals surface area contributed by atoms with Gasteiger partial charge in [0, 0.05) is 6.54 Å². The molecule has 3 N–H and O–H groups in total. The number of nitrogens with one attached hydrogen (secondary N) is 1. The minimum absolute atomic E-state index is 0.401. The van der Waals surface area contributed by atoms with Gasteiger partial charge in [0.15, 0.2) is 0 Å². The summed E-state index contributed by atoms with van der Waals surface area (Å²) in [5.41, 5.74) is 5.29. The average molecular weight is 156 g/mol. The topological polar surface area (TPSA) is 47.3 Å². The summed E-state index contributed by atoms with van der Waals surface area (Å²) in [4.78, 5) is 0. The van der Waals surface area contributed by atoms with Crippen molar-refractivity contribution >= 4 is 0 Å². The van der Waals surface area contributed by atoms with Gasteiger partial charge in [-0.3, -0.25) is 0 Å². The number of terminal acetylenes is 1. The summed E-state index contributed by atoms with van der Waals surface area (Å²) < 4.78 is 5.03. The van der Waals surface area contributed by atoms with Crippen LogP contribution in [0, 0.1) is 12.3 Å². The Morgan fingerprint density at radius 1 is 1.45 bits per heavy atom. The molecule has 3 nitrogen and oxygen atoms in total. The van der Waals surface area contributed by atoms with Gasteiger partial charge in [-0.15, -0.1) is 6.42 Å². The molecule has 0 saturated carbocycles. The zero-order valence-corrected chi connectivity index (χ0v) is 6.81. The van der Waals surface area contributed by atoms with Gasteiger partial charge >= 0.3 is 0 Å². The Labute approximate surface area is 68.3 Å². The summed E-state index contributed by atoms with van der Waals surface area (Å²) in [6.45, 7) is 3.61. The highest BCUT2D eigenvalue weighted by atomic mass is 16.5. The second-order valence-electron chi connectivity index (χ2n) is 2.15. The first kappa shape index (κ1) is 10.4. The molecule has 0 aromatic rings. The highest BCUT2D eigenvalue weighted by molar-refractivity contribution is 4.82. The lowest BCUT2D eigenvalue weighted by atomic mass is 10.4. The van der Waals surface area contributed by atoms with Gasteiger partial charge in [0.1, 0.15) is 6.61 Å². The van der Waals surface area contributed by atoms with Crippen LogP contribution in [0.2, 0.25) is 0 Å². The highest BCUT2D eigenvalue weighted by Gasteiger charge is 1.85. The molecule has 0 aliphatic rings. The normalized spacial score (nSPS) is 9.45. The highest BCUT2D eigenvalue weighted by Crippen LogP contribution is 1.72. The van der Waals surface area contributed by atoms with Gasteiger partial charge in [-0.25, -0.2) is 0 Å². The van der Waals surface area contributed by atoms with Crippen LogP contribution in [0.25, 0.3) is 0 Å². The van der Waals surface area contributed by atoms with Gasteiger partial charge in [0.05, 0.1) is 6.61 Å². The van der Waals surface area contributed by atoms with Gasteiger partial charge in [-0.2, -0.15) is 0 Å². The smallest absolute Gasteiger partial charge is 0.107 e. The molecule has 0 unspecified atom stereocenters. The molecule has 11 heavy (non-hydrogen) atoms. The lowest BCUT2D eigenvalue weighted by molar-refractivity contribution is 0.169. The zero-order valence-electron chi connectivity index (χ0n) is 6.81. The van der Waals surface area contributed by atoms with E-state index in [0.29, 0.717) is 13.2 Å². The molecular weight excluding hydrogens is 140 g/mol. The Kier molecular flexibility index (Phi) is 8.96. The van der Waals surface area contributed by atoms with E-state index in [4.69, 9.17) is 16.9 Å². The van der Waals surface area contributed by atoms with Crippen molar-refractivity contribution in [2.24, 2.45) is 5.73 Å². The predicted octanol–water partition coefficient (Wildman–Crippen LogP) is -0.425. The van der Waals surface area contributed by atoms with E-state index in [1.54, 1.807) is 0 Å². The quantitative estimate of drug-likeness (QED) is 0.388. The van der Waals surface area contributed by atoms with Gasteiger partial charge in [-0.1, -0.05) is 5.92 Å². The van der Waals surface area contributed by atoms with Crippen LogP contribution in [0.5, 0.6) is 0 Å². The molecule has 64 valence electrons. The summed E-state index contributed by atoms with van der Waals surface area (Å²) in [6, 6.07) is 0. The largest absolute Gasteiger partial charge is 0.367 e. The van der Waals surface area contributed by atoms with Crippen molar-refractivity contribution < 1.29 is 4.74 Å². The van der Waals surface area contributed by atoms with E-state index >= 15 is 0 Å². The summed E-state index contributed by atoms with van der Waals surface area (Å²) in [5.74, 6) is 2.40. The first-order valence-corrected chi connectivity index (χ1v) is 3.83. The molecular formula is C8H16N2O. The fraction of sp³-hybridized carbons (Fsp3) is 0.750. The van der Waals surface area contributed by atoms with Crippen molar-refractivity contribution in [2.75, 3.05) is 32.8 Å². The Balaban J connectivity index is 2.75. The predicted molar refractivity (Wildman–Crippen MR) is 46.2 cm³/mol. The van der Waals surface area contributed by atoms with E-state index in [1.807, 2.05) is 0 Å². The number of rotatable bonds is 7. The Morgan fingerprint density at radius 2 is 2.27 bits per heavy atom. The first-order valence-electron chi connectivity index (χ1n) is 3.83. The summed E-state index contributed by atoms with van der Waals surface area (Å²) in [7, 11) is 0. The standard InChI is InChI=1S/C8H16N2O/c1-2-7-11-8-6-10-5-3-4-9/h1,10H,3-9H2. The Bertz CT molecular complexity index is 109. The third kappa shape index (κ3) is 9.44. The van der Waals surface area contributed by atoms with Crippen LogP contribution in [0.4, 0.5) is 0 Å². The van der Waals surface area contributed by atoms with Gasteiger partial charge in [-0.05, 0) is 19.5 Å². The van der Waals surface area contributed by atoms with Crippen LogP contribution < -0.4 is 11.1 Å². The van der Waals surface area contributed by atoms with Gasteiger partial charge < -0.3 is 15.8 Å². The van der Waals surface area contributed by atoms with E-state index in [-0.39, 0.29) is 0 Å². The van der Waals surface area contributed by atoms with E-state index < -0.39 is 0 Å². The SMILES string of the molecule is C#CCOCCNCCCN. The lowest BCUT2D eigenvalue weighted by Crippen LogP contribution is -2.22. The maximum atomic E-state index is 5.29. The van der Waals surface area contributed by atoms with Crippen molar-refractivity contribution in [1.29, 1.82) is 0 Å². The number of ether oxygens (including phenoxy) is 1. The minimum Gasteiger partial charge on any atom is -0.367 e. The van der Waals surface area contributed by atoms with Crippen LogP contribution in [0.15, 0.2) is 0 Å². The molecule has 0 rings (SSSR count). The van der Waals surface area contributed by atoms with E-state index in [9.17, 15) is 0 Å². The Hall–Kier alpha value is -0.560. The maximum Gasteiger partial charge on any atom is 0.107 e. The summed E-state index contributed by atoms with van der Waals surface area (Å²) in [6.07, 6.45) is 5.99. The minimum atomic E-state index is 0.401. The molecule has 0 radical (unpaired) electrons. The molecule has 0 aromatic carbocycles. The van der Waals surface area contributed by atoms with Gasteiger partial charge in [0.25, 0.3) is 0 Å². The van der Waals surface area contributed by atoms with E-state index in [2.05, 4.69) is 11.2 Å². The van der Waals surface area contributed by atoms with Crippen LogP contribution in [0.3, 0.4) is 0 Å². The molecule has 0 aliphatic heterocycles. The monoisotopic (exact) mass is 156 g/mol. The molecule has 0 fully saturated rings. The van der Waals surface area contributed by atoms with E-state index in [0.717, 1.165) is 26.1 Å². The third-order valence-electron chi connectivity index (χ3n) is 1.17. The molecule has 0 aromatic heterocycles. The van der Waals surface area contributed by atoms with Crippen molar-refractivity contribution in [1.82, 2.24) is 5.32 Å². The molecule has 3 heteroatoms. The number of hydrogen-bond donors (Lipinski definition) is 2. The van der Waals surface area contributed by atoms with Crippen LogP contribution in [-0.2, 0) is 4.74 Å². The molecule has 0 saturated heterocycles. The third-order valence-corrected chi connectivity index (χ3v) is 1.17. The lowest BCUT2D eigenvalue weighted by Gasteiger charge is -2.02. The number of nitrogens with two attached hydrogens (primary N) is 1.